The van der Waals surface area contributed by atoms with Crippen molar-refractivity contribution in [2.45, 2.75) is 6.92 Å². The minimum atomic E-state index is -3.73. The second-order valence-corrected chi connectivity index (χ2v) is 9.25. The monoisotopic (exact) mass is 435 g/mol. The first-order valence-electron chi connectivity index (χ1n) is 8.10. The summed E-state index contributed by atoms with van der Waals surface area (Å²) in [6.07, 6.45) is 2.51. The summed E-state index contributed by atoms with van der Waals surface area (Å²) in [5, 5.41) is 0. The predicted octanol–water partition coefficient (Wildman–Crippen LogP) is 3.75. The molecule has 3 rings (SSSR count). The quantitative estimate of drug-likeness (QED) is 0.402. The average Bonchev–Trinajstić information content (AvgIpc) is 2.89. The molecule has 0 bridgehead atoms. The molecule has 1 fully saturated rings. The van der Waals surface area contributed by atoms with Gasteiger partial charge in [0.2, 0.25) is 0 Å². The van der Waals surface area contributed by atoms with Gasteiger partial charge in [0.15, 0.2) is 4.32 Å². The maximum absolute atomic E-state index is 13.0. The summed E-state index contributed by atoms with van der Waals surface area (Å²) in [4.78, 5) is 14.8. The molecule has 28 heavy (non-hydrogen) atoms. The Bertz CT molecular complexity index is 1090. The first-order chi connectivity index (χ1) is 13.2. The number of carbonyl (C=O) groups is 1. The highest BCUT2D eigenvalue weighted by Gasteiger charge is 2.34. The Hall–Kier alpha value is -2.36. The number of thioether (sulfide) groups is 1. The van der Waals surface area contributed by atoms with Crippen LogP contribution < -0.4 is 13.8 Å². The van der Waals surface area contributed by atoms with E-state index in [4.69, 9.17) is 21.1 Å². The number of hydrogen-bond donors (Lipinski definition) is 0. The highest BCUT2D eigenvalue weighted by molar-refractivity contribution is 8.27. The second kappa shape index (κ2) is 7.94. The number of carbonyl (C=O) groups excluding carboxylic acids is 1. The molecule has 0 saturated carbocycles. The smallest absolute Gasteiger partial charge is 0.306 e. The fourth-order valence-corrected chi connectivity index (χ4v) is 4.39. The van der Waals surface area contributed by atoms with Crippen molar-refractivity contribution < 1.29 is 22.1 Å². The normalized spacial score (nSPS) is 16.0. The Kier molecular flexibility index (Phi) is 5.78. The van der Waals surface area contributed by atoms with Crippen molar-refractivity contribution in [3.8, 4) is 11.5 Å². The fraction of sp³-hybridized carbons (Fsp3) is 0.158. The minimum absolute atomic E-state index is 0.101. The van der Waals surface area contributed by atoms with Gasteiger partial charge in [0.05, 0.1) is 24.0 Å². The van der Waals surface area contributed by atoms with E-state index in [2.05, 4.69) is 0 Å². The van der Waals surface area contributed by atoms with Gasteiger partial charge in [-0.05, 0) is 42.8 Å². The van der Waals surface area contributed by atoms with Gasteiger partial charge in [0.25, 0.3) is 5.91 Å². The van der Waals surface area contributed by atoms with E-state index >= 15 is 0 Å². The van der Waals surface area contributed by atoms with Gasteiger partial charge in [-0.1, -0.05) is 42.2 Å². The lowest BCUT2D eigenvalue weighted by molar-refractivity contribution is -0.113. The Morgan fingerprint density at radius 3 is 2.54 bits per heavy atom. The summed E-state index contributed by atoms with van der Waals surface area (Å²) >= 11 is 6.54. The van der Waals surface area contributed by atoms with Crippen LogP contribution in [0.25, 0.3) is 6.08 Å². The molecule has 6 nitrogen and oxygen atoms in total. The van der Waals surface area contributed by atoms with Crippen molar-refractivity contribution in [1.82, 2.24) is 0 Å². The van der Waals surface area contributed by atoms with Gasteiger partial charge in [-0.3, -0.25) is 9.69 Å². The van der Waals surface area contributed by atoms with Gasteiger partial charge in [-0.25, -0.2) is 0 Å². The Labute approximate surface area is 173 Å². The third-order valence-corrected chi connectivity index (χ3v) is 5.68. The van der Waals surface area contributed by atoms with Crippen molar-refractivity contribution in [2.24, 2.45) is 0 Å². The Morgan fingerprint density at radius 2 is 1.89 bits per heavy atom. The van der Waals surface area contributed by atoms with Crippen LogP contribution in [0.4, 0.5) is 5.69 Å². The summed E-state index contributed by atoms with van der Waals surface area (Å²) in [5.74, 6) is 0.323. The van der Waals surface area contributed by atoms with Gasteiger partial charge >= 0.3 is 10.1 Å². The first-order valence-corrected chi connectivity index (χ1v) is 11.1. The molecule has 0 radical (unpaired) electrons. The molecule has 1 aliphatic rings. The average molecular weight is 436 g/mol. The Morgan fingerprint density at radius 1 is 1.18 bits per heavy atom. The number of rotatable bonds is 5. The van der Waals surface area contributed by atoms with Gasteiger partial charge < -0.3 is 8.92 Å². The van der Waals surface area contributed by atoms with E-state index in [1.165, 1.54) is 18.1 Å². The fourth-order valence-electron chi connectivity index (χ4n) is 2.64. The summed E-state index contributed by atoms with van der Waals surface area (Å²) in [6, 6.07) is 12.1. The number of nitrogens with zero attached hydrogens (tertiary/aromatic N) is 1. The summed E-state index contributed by atoms with van der Waals surface area (Å²) < 4.78 is 33.8. The van der Waals surface area contributed by atoms with Crippen LogP contribution in [0.2, 0.25) is 0 Å². The largest absolute Gasteiger partial charge is 0.497 e. The van der Waals surface area contributed by atoms with Crippen LogP contribution in [0.15, 0.2) is 47.4 Å². The van der Waals surface area contributed by atoms with E-state index in [0.717, 1.165) is 23.6 Å². The number of ether oxygens (including phenoxy) is 1. The molecule has 2 aromatic rings. The number of thiocarbonyl (C=S) groups is 1. The number of anilines is 1. The molecular weight excluding hydrogens is 418 g/mol. The second-order valence-electron chi connectivity index (χ2n) is 5.99. The van der Waals surface area contributed by atoms with E-state index in [1.807, 2.05) is 31.2 Å². The van der Waals surface area contributed by atoms with Crippen LogP contribution in [-0.2, 0) is 14.9 Å². The molecule has 1 aliphatic heterocycles. The van der Waals surface area contributed by atoms with Crippen molar-refractivity contribution in [3.05, 3.63) is 58.5 Å². The molecule has 9 heteroatoms. The molecule has 1 saturated heterocycles. The van der Waals surface area contributed by atoms with Gasteiger partial charge in [0.1, 0.15) is 11.5 Å². The van der Waals surface area contributed by atoms with E-state index in [9.17, 15) is 13.2 Å². The van der Waals surface area contributed by atoms with Gasteiger partial charge in [-0.2, -0.15) is 8.42 Å². The zero-order valence-electron chi connectivity index (χ0n) is 15.3. The summed E-state index contributed by atoms with van der Waals surface area (Å²) in [7, 11) is -2.24. The van der Waals surface area contributed by atoms with Crippen LogP contribution in [0, 0.1) is 6.92 Å². The minimum Gasteiger partial charge on any atom is -0.497 e. The molecule has 0 spiro atoms. The van der Waals surface area contributed by atoms with Crippen molar-refractivity contribution >= 4 is 56.1 Å². The lowest BCUT2D eigenvalue weighted by Crippen LogP contribution is -2.28. The molecule has 0 N–H and O–H groups in total. The zero-order valence-corrected chi connectivity index (χ0v) is 17.8. The lowest BCUT2D eigenvalue weighted by atomic mass is 10.1. The highest BCUT2D eigenvalue weighted by atomic mass is 32.2. The third-order valence-electron chi connectivity index (χ3n) is 3.89. The topological polar surface area (TPSA) is 72.9 Å². The molecule has 0 aliphatic carbocycles. The molecule has 1 heterocycles. The maximum atomic E-state index is 13.0. The number of para-hydroxylation sites is 1. The van der Waals surface area contributed by atoms with Crippen LogP contribution in [0.3, 0.4) is 0 Å². The maximum Gasteiger partial charge on any atom is 0.306 e. The van der Waals surface area contributed by atoms with Gasteiger partial charge in [0, 0.05) is 5.56 Å². The molecule has 2 aromatic carbocycles. The molecule has 146 valence electrons. The molecule has 0 aromatic heterocycles. The SMILES string of the molecule is COc1ccc(OS(C)(=O)=O)c(C=C2SC(=S)N(c3ccccc3C)C2=O)c1. The van der Waals surface area contributed by atoms with Crippen molar-refractivity contribution in [2.75, 3.05) is 18.3 Å². The predicted molar refractivity (Wildman–Crippen MR) is 115 cm³/mol. The van der Waals surface area contributed by atoms with E-state index in [-0.39, 0.29) is 11.7 Å². The molecule has 0 unspecified atom stereocenters. The molecule has 1 amide bonds. The molecular formula is C19H17NO5S3. The third kappa shape index (κ3) is 4.37. The van der Waals surface area contributed by atoms with Crippen LogP contribution in [0.1, 0.15) is 11.1 Å². The van der Waals surface area contributed by atoms with Crippen molar-refractivity contribution in [3.63, 3.8) is 0 Å². The number of aryl methyl sites for hydroxylation is 1. The lowest BCUT2D eigenvalue weighted by Gasteiger charge is -2.16. The zero-order chi connectivity index (χ0) is 20.5. The number of benzene rings is 2. The van der Waals surface area contributed by atoms with E-state index in [0.29, 0.717) is 26.2 Å². The first kappa shape index (κ1) is 20.4. The standard InChI is InChI=1S/C19H17NO5S3/c1-12-6-4-5-7-15(12)20-18(21)17(27-19(20)26)11-13-10-14(24-2)8-9-16(13)25-28(3,22)23/h4-11H,1-3H3. The van der Waals surface area contributed by atoms with Crippen molar-refractivity contribution in [1.29, 1.82) is 0 Å². The highest BCUT2D eigenvalue weighted by Crippen LogP contribution is 2.38. The number of methoxy groups -OCH3 is 1. The summed E-state index contributed by atoms with van der Waals surface area (Å²) in [5.41, 5.74) is 2.03. The number of hydrogen-bond acceptors (Lipinski definition) is 7. The van der Waals surface area contributed by atoms with Crippen LogP contribution >= 0.6 is 24.0 Å². The van der Waals surface area contributed by atoms with Gasteiger partial charge in [-0.15, -0.1) is 0 Å². The summed E-state index contributed by atoms with van der Waals surface area (Å²) in [6.45, 7) is 1.90. The number of amides is 1. The van der Waals surface area contributed by atoms with E-state index < -0.39 is 10.1 Å². The Balaban J connectivity index is 2.03. The van der Waals surface area contributed by atoms with E-state index in [1.54, 1.807) is 18.2 Å². The van der Waals surface area contributed by atoms with Crippen LogP contribution in [-0.4, -0.2) is 32.0 Å². The van der Waals surface area contributed by atoms with Crippen LogP contribution in [0.5, 0.6) is 11.5 Å². The molecule has 0 atom stereocenters.